The molecule has 0 aromatic carbocycles. The molecule has 13 nitrogen and oxygen atoms in total. The first kappa shape index (κ1) is 33.7. The minimum atomic E-state index is -4.50. The number of nitriles is 1. The SMILES string of the molecule is CCN(C(=O)c1cnn(C(C)C2(C#N)CC2)c1C)c1ccnnc1.Cc1nn(C(C)C(F)(F)F)c(C(=O)Nc2ccnnc2)c1C. The Morgan fingerprint density at radius 2 is 1.70 bits per heavy atom. The maximum Gasteiger partial charge on any atom is 0.410 e. The fourth-order valence-corrected chi connectivity index (χ4v) is 4.93. The normalized spacial score (nSPS) is 14.7. The van der Waals surface area contributed by atoms with Gasteiger partial charge in [0.2, 0.25) is 0 Å². The highest BCUT2D eigenvalue weighted by atomic mass is 19.4. The van der Waals surface area contributed by atoms with Crippen molar-refractivity contribution in [2.45, 2.75) is 72.6 Å². The Hall–Kier alpha value is -5.20. The summed E-state index contributed by atoms with van der Waals surface area (Å²) >= 11 is 0. The number of alkyl halides is 3. The number of aromatic nitrogens is 8. The zero-order valence-electron chi connectivity index (χ0n) is 26.2. The number of rotatable bonds is 8. The van der Waals surface area contributed by atoms with E-state index in [4.69, 9.17) is 0 Å². The van der Waals surface area contributed by atoms with Crippen LogP contribution in [-0.2, 0) is 0 Å². The zero-order chi connectivity index (χ0) is 33.8. The van der Waals surface area contributed by atoms with Gasteiger partial charge in [-0.3, -0.25) is 14.3 Å². The summed E-state index contributed by atoms with van der Waals surface area (Å²) in [5.41, 5.74) is 2.68. The minimum Gasteiger partial charge on any atom is -0.319 e. The largest absolute Gasteiger partial charge is 0.410 e. The summed E-state index contributed by atoms with van der Waals surface area (Å²) in [6, 6.07) is 3.70. The van der Waals surface area contributed by atoms with E-state index in [1.54, 1.807) is 43.4 Å². The lowest BCUT2D eigenvalue weighted by molar-refractivity contribution is -0.165. The Morgan fingerprint density at radius 1 is 1.04 bits per heavy atom. The summed E-state index contributed by atoms with van der Waals surface area (Å²) in [4.78, 5) is 26.9. The van der Waals surface area contributed by atoms with Gasteiger partial charge in [-0.05, 0) is 66.5 Å². The predicted molar refractivity (Wildman–Crippen MR) is 161 cm³/mol. The lowest BCUT2D eigenvalue weighted by atomic mass is 10.00. The lowest BCUT2D eigenvalue weighted by Gasteiger charge is -2.21. The minimum absolute atomic E-state index is 0.0401. The Labute approximate surface area is 263 Å². The van der Waals surface area contributed by atoms with Crippen LogP contribution in [0.3, 0.4) is 0 Å². The van der Waals surface area contributed by atoms with Gasteiger partial charge in [-0.1, -0.05) is 0 Å². The quantitative estimate of drug-likeness (QED) is 0.275. The number of amides is 2. The number of nitrogens with zero attached hydrogens (tertiary/aromatic N) is 10. The monoisotopic (exact) mass is 637 g/mol. The number of halogens is 3. The topological polar surface area (TPSA) is 160 Å². The first-order valence-electron chi connectivity index (χ1n) is 14.5. The zero-order valence-corrected chi connectivity index (χ0v) is 26.2. The molecular formula is C30H34F3N11O2. The molecule has 4 heterocycles. The van der Waals surface area contributed by atoms with E-state index in [1.165, 1.54) is 18.5 Å². The number of carbonyl (C=O) groups is 2. The molecule has 0 aliphatic heterocycles. The Balaban J connectivity index is 0.000000210. The highest BCUT2D eigenvalue weighted by Crippen LogP contribution is 2.53. The van der Waals surface area contributed by atoms with Gasteiger partial charge in [0, 0.05) is 17.8 Å². The first-order chi connectivity index (χ1) is 21.8. The number of anilines is 2. The van der Waals surface area contributed by atoms with Crippen molar-refractivity contribution in [3.05, 3.63) is 71.3 Å². The highest BCUT2D eigenvalue weighted by molar-refractivity contribution is 6.06. The average molecular weight is 638 g/mol. The molecule has 0 bridgehead atoms. The van der Waals surface area contributed by atoms with E-state index < -0.39 is 18.1 Å². The summed E-state index contributed by atoms with van der Waals surface area (Å²) in [6.45, 7) is 10.4. The third kappa shape index (κ3) is 6.87. The number of nitrogens with one attached hydrogen (secondary N) is 1. The van der Waals surface area contributed by atoms with Crippen LogP contribution in [0.15, 0.2) is 43.1 Å². The predicted octanol–water partition coefficient (Wildman–Crippen LogP) is 5.18. The molecule has 5 rings (SSSR count). The summed E-state index contributed by atoms with van der Waals surface area (Å²) in [6.07, 6.45) is 4.66. The Kier molecular flexibility index (Phi) is 9.83. The molecule has 1 fully saturated rings. The van der Waals surface area contributed by atoms with E-state index in [2.05, 4.69) is 42.0 Å². The van der Waals surface area contributed by atoms with Crippen molar-refractivity contribution in [1.29, 1.82) is 5.26 Å². The summed E-state index contributed by atoms with van der Waals surface area (Å²) in [5.74, 6) is -0.801. The van der Waals surface area contributed by atoms with E-state index in [1.807, 2.05) is 25.5 Å². The van der Waals surface area contributed by atoms with Crippen LogP contribution in [0.25, 0.3) is 0 Å². The van der Waals surface area contributed by atoms with Gasteiger partial charge >= 0.3 is 6.18 Å². The van der Waals surface area contributed by atoms with Crippen molar-refractivity contribution in [2.75, 3.05) is 16.8 Å². The molecule has 2 unspecified atom stereocenters. The van der Waals surface area contributed by atoms with Crippen molar-refractivity contribution in [3.8, 4) is 6.07 Å². The summed E-state index contributed by atoms with van der Waals surface area (Å²) < 4.78 is 41.3. The van der Waals surface area contributed by atoms with Crippen LogP contribution in [0.5, 0.6) is 0 Å². The van der Waals surface area contributed by atoms with E-state index in [0.717, 1.165) is 25.5 Å². The first-order valence-corrected chi connectivity index (χ1v) is 14.5. The standard InChI is InChI=1S/C17H20N6O.C13H14F3N5O/c1-4-22(14-5-8-19-20-9-14)16(24)15-10-21-23(12(15)2)13(3)17(11-18)6-7-17;1-7-8(2)20-21(9(3)13(14,15)16)11(7)12(22)19-10-4-5-17-18-6-10/h5,8-10,13H,4,6-7H2,1-3H3;4-6,9H,1-3H3,(H,17,19,22). The van der Waals surface area contributed by atoms with Crippen LogP contribution in [0, 0.1) is 37.5 Å². The molecule has 1 aliphatic carbocycles. The highest BCUT2D eigenvalue weighted by Gasteiger charge is 2.50. The number of hydrogen-bond donors (Lipinski definition) is 1. The van der Waals surface area contributed by atoms with Crippen molar-refractivity contribution in [2.24, 2.45) is 5.41 Å². The maximum atomic E-state index is 12.9. The molecular weight excluding hydrogens is 603 g/mol. The van der Waals surface area contributed by atoms with E-state index in [0.29, 0.717) is 39.4 Å². The molecule has 4 aromatic heterocycles. The lowest BCUT2D eigenvalue weighted by Crippen LogP contribution is -2.31. The molecule has 46 heavy (non-hydrogen) atoms. The third-order valence-corrected chi connectivity index (χ3v) is 8.18. The van der Waals surface area contributed by atoms with Crippen LogP contribution in [0.1, 0.15) is 83.5 Å². The smallest absolute Gasteiger partial charge is 0.319 e. The van der Waals surface area contributed by atoms with Crippen LogP contribution in [-0.4, -0.2) is 64.5 Å². The second kappa shape index (κ2) is 13.4. The number of aryl methyl sites for hydroxylation is 1. The van der Waals surface area contributed by atoms with Crippen molar-refractivity contribution in [1.82, 2.24) is 40.0 Å². The average Bonchev–Trinajstić information content (AvgIpc) is 3.66. The summed E-state index contributed by atoms with van der Waals surface area (Å²) in [5, 5.41) is 34.8. The van der Waals surface area contributed by atoms with Crippen molar-refractivity contribution < 1.29 is 22.8 Å². The van der Waals surface area contributed by atoms with Gasteiger partial charge in [-0.25, -0.2) is 4.68 Å². The molecule has 16 heteroatoms. The van der Waals surface area contributed by atoms with Crippen LogP contribution in [0.4, 0.5) is 24.5 Å². The number of hydrogen-bond acceptors (Lipinski definition) is 9. The molecule has 1 saturated carbocycles. The van der Waals surface area contributed by atoms with Crippen molar-refractivity contribution >= 4 is 23.2 Å². The molecule has 4 aromatic rings. The number of carbonyl (C=O) groups excluding carboxylic acids is 2. The molecule has 1 aliphatic rings. The van der Waals surface area contributed by atoms with E-state index in [-0.39, 0.29) is 23.1 Å². The van der Waals surface area contributed by atoms with Crippen LogP contribution < -0.4 is 10.2 Å². The molecule has 0 saturated heterocycles. The molecule has 2 amide bonds. The van der Waals surface area contributed by atoms with Crippen molar-refractivity contribution in [3.63, 3.8) is 0 Å². The van der Waals surface area contributed by atoms with Gasteiger partial charge in [0.05, 0.1) is 71.1 Å². The fourth-order valence-electron chi connectivity index (χ4n) is 4.93. The van der Waals surface area contributed by atoms with Gasteiger partial charge in [-0.2, -0.15) is 49.0 Å². The third-order valence-electron chi connectivity index (χ3n) is 8.18. The van der Waals surface area contributed by atoms with E-state index in [9.17, 15) is 28.0 Å². The Bertz CT molecular complexity index is 1730. The second-order valence-corrected chi connectivity index (χ2v) is 11.0. The van der Waals surface area contributed by atoms with Gasteiger partial charge in [0.1, 0.15) is 11.7 Å². The maximum absolute atomic E-state index is 12.9. The molecule has 242 valence electrons. The molecule has 2 atom stereocenters. The Morgan fingerprint density at radius 3 is 2.22 bits per heavy atom. The second-order valence-electron chi connectivity index (χ2n) is 11.0. The van der Waals surface area contributed by atoms with E-state index >= 15 is 0 Å². The van der Waals surface area contributed by atoms with Gasteiger partial charge in [0.15, 0.2) is 0 Å². The van der Waals surface area contributed by atoms with Crippen LogP contribution in [0.2, 0.25) is 0 Å². The molecule has 1 N–H and O–H groups in total. The van der Waals surface area contributed by atoms with Gasteiger partial charge in [0.25, 0.3) is 11.8 Å². The molecule has 0 spiro atoms. The fraction of sp³-hybridized carbons (Fsp3) is 0.433. The molecule has 0 radical (unpaired) electrons. The van der Waals surface area contributed by atoms with Crippen LogP contribution >= 0.6 is 0 Å². The summed E-state index contributed by atoms with van der Waals surface area (Å²) in [7, 11) is 0. The van der Waals surface area contributed by atoms with Gasteiger partial charge < -0.3 is 10.2 Å². The van der Waals surface area contributed by atoms with Gasteiger partial charge in [-0.15, -0.1) is 0 Å².